The Balaban J connectivity index is 2.37. The zero-order chi connectivity index (χ0) is 25.3. The Morgan fingerprint density at radius 1 is 1.00 bits per heavy atom. The summed E-state index contributed by atoms with van der Waals surface area (Å²) in [7, 11) is -3.97. The molecule has 0 saturated carbocycles. The van der Waals surface area contributed by atoms with E-state index < -0.39 is 34.3 Å². The van der Waals surface area contributed by atoms with Crippen LogP contribution in [0.15, 0.2) is 54.6 Å². The molecule has 2 amide bonds. The molecule has 186 valence electrons. The van der Waals surface area contributed by atoms with Crippen molar-refractivity contribution < 1.29 is 22.4 Å². The Hall–Kier alpha value is -2.94. The van der Waals surface area contributed by atoms with E-state index in [1.54, 1.807) is 6.92 Å². The number of carbonyl (C=O) groups is 2. The predicted molar refractivity (Wildman–Crippen MR) is 132 cm³/mol. The number of carbonyl (C=O) groups excluding carboxylic acids is 2. The number of amides is 2. The zero-order valence-electron chi connectivity index (χ0n) is 20.2. The number of halogens is 1. The Kier molecular flexibility index (Phi) is 10.0. The van der Waals surface area contributed by atoms with Crippen molar-refractivity contribution in [1.29, 1.82) is 0 Å². The van der Waals surface area contributed by atoms with Crippen molar-refractivity contribution in [2.45, 2.75) is 52.1 Å². The smallest absolute Gasteiger partial charge is 0.244 e. The molecule has 0 fully saturated rings. The standard InChI is InChI=1S/C25H34FN3O4S/c1-5-19(3)27-25(31)22(6-2)28(17-16-20-12-8-7-9-13-20)24(30)18-29(34(4,32)33)23-15-11-10-14-21(23)26/h7-15,19,22H,5-6,16-18H2,1-4H3,(H,27,31)/t19-,22-/m1/s1. The first-order valence-corrected chi connectivity index (χ1v) is 13.3. The van der Waals surface area contributed by atoms with Crippen molar-refractivity contribution in [3.63, 3.8) is 0 Å². The maximum absolute atomic E-state index is 14.4. The molecule has 0 heterocycles. The zero-order valence-corrected chi connectivity index (χ0v) is 21.0. The molecule has 1 N–H and O–H groups in total. The van der Waals surface area contributed by atoms with Gasteiger partial charge >= 0.3 is 0 Å². The summed E-state index contributed by atoms with van der Waals surface area (Å²) in [6.45, 7) is 5.23. The van der Waals surface area contributed by atoms with Crippen LogP contribution in [-0.4, -0.2) is 56.6 Å². The van der Waals surface area contributed by atoms with Crippen LogP contribution in [0.4, 0.5) is 10.1 Å². The van der Waals surface area contributed by atoms with Crippen LogP contribution in [0.5, 0.6) is 0 Å². The van der Waals surface area contributed by atoms with E-state index in [9.17, 15) is 22.4 Å². The maximum atomic E-state index is 14.4. The lowest BCUT2D eigenvalue weighted by atomic mass is 10.1. The van der Waals surface area contributed by atoms with E-state index >= 15 is 0 Å². The van der Waals surface area contributed by atoms with Gasteiger partial charge in [0.15, 0.2) is 0 Å². The fourth-order valence-corrected chi connectivity index (χ4v) is 4.44. The van der Waals surface area contributed by atoms with E-state index in [2.05, 4.69) is 5.32 Å². The average Bonchev–Trinajstić information content (AvgIpc) is 2.80. The number of benzene rings is 2. The van der Waals surface area contributed by atoms with Crippen LogP contribution in [0, 0.1) is 5.82 Å². The second-order valence-electron chi connectivity index (χ2n) is 8.29. The Morgan fingerprint density at radius 3 is 2.18 bits per heavy atom. The van der Waals surface area contributed by atoms with Crippen molar-refractivity contribution >= 4 is 27.5 Å². The van der Waals surface area contributed by atoms with Crippen LogP contribution in [0.1, 0.15) is 39.2 Å². The van der Waals surface area contributed by atoms with Crippen molar-refractivity contribution in [2.24, 2.45) is 0 Å². The van der Waals surface area contributed by atoms with E-state index in [-0.39, 0.29) is 24.2 Å². The minimum absolute atomic E-state index is 0.0708. The quantitative estimate of drug-likeness (QED) is 0.493. The van der Waals surface area contributed by atoms with Crippen molar-refractivity contribution in [3.05, 3.63) is 66.0 Å². The number of para-hydroxylation sites is 1. The summed E-state index contributed by atoms with van der Waals surface area (Å²) in [5, 5.41) is 2.91. The molecule has 0 aromatic heterocycles. The topological polar surface area (TPSA) is 86.8 Å². The van der Waals surface area contributed by atoms with E-state index in [0.717, 1.165) is 28.6 Å². The van der Waals surface area contributed by atoms with E-state index in [0.29, 0.717) is 12.8 Å². The summed E-state index contributed by atoms with van der Waals surface area (Å²) >= 11 is 0. The highest BCUT2D eigenvalue weighted by atomic mass is 32.2. The minimum Gasteiger partial charge on any atom is -0.352 e. The van der Waals surface area contributed by atoms with E-state index in [1.165, 1.54) is 23.1 Å². The van der Waals surface area contributed by atoms with Gasteiger partial charge in [-0.25, -0.2) is 12.8 Å². The van der Waals surface area contributed by atoms with Crippen LogP contribution in [0.3, 0.4) is 0 Å². The molecule has 0 aliphatic heterocycles. The molecule has 2 rings (SSSR count). The molecule has 0 spiro atoms. The first-order chi connectivity index (χ1) is 16.1. The third-order valence-corrected chi connectivity index (χ3v) is 6.80. The van der Waals surface area contributed by atoms with Gasteiger partial charge in [-0.2, -0.15) is 0 Å². The largest absolute Gasteiger partial charge is 0.352 e. The molecule has 2 atom stereocenters. The van der Waals surface area contributed by atoms with Crippen LogP contribution in [0.2, 0.25) is 0 Å². The number of sulfonamides is 1. The molecule has 0 saturated heterocycles. The Bertz CT molecular complexity index is 1060. The van der Waals surface area contributed by atoms with Crippen molar-refractivity contribution in [1.82, 2.24) is 10.2 Å². The van der Waals surface area contributed by atoms with Gasteiger partial charge in [0, 0.05) is 12.6 Å². The molecule has 0 aliphatic carbocycles. The molecule has 34 heavy (non-hydrogen) atoms. The van der Waals surface area contributed by atoms with Gasteiger partial charge in [-0.05, 0) is 43.9 Å². The Labute approximate surface area is 202 Å². The highest BCUT2D eigenvalue weighted by molar-refractivity contribution is 7.92. The van der Waals surface area contributed by atoms with Crippen molar-refractivity contribution in [3.8, 4) is 0 Å². The normalized spacial score (nSPS) is 13.1. The molecule has 2 aromatic rings. The lowest BCUT2D eigenvalue weighted by Crippen LogP contribution is -2.54. The molecule has 0 radical (unpaired) electrons. The summed E-state index contributed by atoms with van der Waals surface area (Å²) < 4.78 is 40.2. The first kappa shape index (κ1) is 27.3. The molecule has 9 heteroatoms. The fourth-order valence-electron chi connectivity index (χ4n) is 3.59. The molecular formula is C25H34FN3O4S. The van der Waals surface area contributed by atoms with Gasteiger partial charge in [0.2, 0.25) is 21.8 Å². The summed E-state index contributed by atoms with van der Waals surface area (Å²) in [4.78, 5) is 27.9. The summed E-state index contributed by atoms with van der Waals surface area (Å²) in [6, 6.07) is 14.0. The highest BCUT2D eigenvalue weighted by Gasteiger charge is 2.32. The van der Waals surface area contributed by atoms with Gasteiger partial charge in [-0.3, -0.25) is 13.9 Å². The van der Waals surface area contributed by atoms with Gasteiger partial charge in [0.05, 0.1) is 11.9 Å². The number of hydrogen-bond donors (Lipinski definition) is 1. The second kappa shape index (κ2) is 12.5. The van der Waals surface area contributed by atoms with Crippen LogP contribution >= 0.6 is 0 Å². The summed E-state index contributed by atoms with van der Waals surface area (Å²) in [6.07, 6.45) is 2.49. The first-order valence-electron chi connectivity index (χ1n) is 11.4. The lowest BCUT2D eigenvalue weighted by molar-refractivity contribution is -0.139. The fraction of sp³-hybridized carbons (Fsp3) is 0.440. The number of nitrogens with one attached hydrogen (secondary N) is 1. The second-order valence-corrected chi connectivity index (χ2v) is 10.2. The van der Waals surface area contributed by atoms with Gasteiger partial charge in [0.25, 0.3) is 0 Å². The molecule has 0 unspecified atom stereocenters. The van der Waals surface area contributed by atoms with Crippen LogP contribution in [0.25, 0.3) is 0 Å². The average molecular weight is 492 g/mol. The maximum Gasteiger partial charge on any atom is 0.244 e. The summed E-state index contributed by atoms with van der Waals surface area (Å²) in [5.41, 5.74) is 0.769. The monoisotopic (exact) mass is 491 g/mol. The number of anilines is 1. The third kappa shape index (κ3) is 7.55. The minimum atomic E-state index is -3.97. The molecular weight excluding hydrogens is 457 g/mol. The lowest BCUT2D eigenvalue weighted by Gasteiger charge is -2.33. The van der Waals surface area contributed by atoms with Gasteiger partial charge < -0.3 is 10.2 Å². The SMILES string of the molecule is CC[C@@H](C)NC(=O)[C@@H](CC)N(CCc1ccccc1)C(=O)CN(c1ccccc1F)S(C)(=O)=O. The van der Waals surface area contributed by atoms with Gasteiger partial charge in [0.1, 0.15) is 18.4 Å². The highest BCUT2D eigenvalue weighted by Crippen LogP contribution is 2.22. The van der Waals surface area contributed by atoms with Crippen molar-refractivity contribution in [2.75, 3.05) is 23.7 Å². The van der Waals surface area contributed by atoms with E-state index in [4.69, 9.17) is 0 Å². The van der Waals surface area contributed by atoms with Gasteiger partial charge in [-0.1, -0.05) is 56.3 Å². The molecule has 7 nitrogen and oxygen atoms in total. The molecule has 0 aliphatic rings. The van der Waals surface area contributed by atoms with Gasteiger partial charge in [-0.15, -0.1) is 0 Å². The predicted octanol–water partition coefficient (Wildman–Crippen LogP) is 3.36. The van der Waals surface area contributed by atoms with Crippen LogP contribution in [-0.2, 0) is 26.0 Å². The molecule has 2 aromatic carbocycles. The summed E-state index contributed by atoms with van der Waals surface area (Å²) in [5.74, 6) is -1.62. The third-order valence-electron chi connectivity index (χ3n) is 5.67. The van der Waals surface area contributed by atoms with Crippen LogP contribution < -0.4 is 9.62 Å². The van der Waals surface area contributed by atoms with E-state index in [1.807, 2.05) is 44.2 Å². The molecule has 0 bridgehead atoms. The Morgan fingerprint density at radius 2 is 1.62 bits per heavy atom. The number of hydrogen-bond acceptors (Lipinski definition) is 4. The number of rotatable bonds is 12. The number of nitrogens with zero attached hydrogens (tertiary/aromatic N) is 2.